The number of nitrogens with one attached hydrogen (secondary N) is 1. The fraction of sp³-hybridized carbons (Fsp3) is 0.692. The van der Waals surface area contributed by atoms with Crippen LogP contribution in [0.2, 0.25) is 0 Å². The molecule has 0 atom stereocenters. The third kappa shape index (κ3) is 3.13. The molecule has 1 aliphatic rings. The van der Waals surface area contributed by atoms with Crippen LogP contribution in [0.3, 0.4) is 0 Å². The Morgan fingerprint density at radius 3 is 2.74 bits per heavy atom. The van der Waals surface area contributed by atoms with E-state index >= 15 is 0 Å². The number of aromatic carboxylic acids is 1. The van der Waals surface area contributed by atoms with Crippen molar-refractivity contribution in [2.24, 2.45) is 0 Å². The van der Waals surface area contributed by atoms with Gasteiger partial charge in [-0.25, -0.2) is 4.79 Å². The quantitative estimate of drug-likeness (QED) is 0.809. The van der Waals surface area contributed by atoms with Gasteiger partial charge in [-0.05, 0) is 26.9 Å². The second-order valence-electron chi connectivity index (χ2n) is 5.41. The lowest BCUT2D eigenvalue weighted by atomic mass is 9.96. The smallest absolute Gasteiger partial charge is 0.358 e. The van der Waals surface area contributed by atoms with Crippen molar-refractivity contribution in [1.82, 2.24) is 15.4 Å². The molecule has 0 radical (unpaired) electrons. The van der Waals surface area contributed by atoms with E-state index in [0.717, 1.165) is 6.54 Å². The normalized spacial score (nSPS) is 18.1. The van der Waals surface area contributed by atoms with E-state index in [4.69, 9.17) is 9.63 Å². The maximum atomic E-state index is 10.7. The van der Waals surface area contributed by atoms with E-state index in [9.17, 15) is 4.79 Å². The zero-order valence-corrected chi connectivity index (χ0v) is 11.5. The van der Waals surface area contributed by atoms with E-state index in [1.807, 2.05) is 0 Å². The Kier molecular flexibility index (Phi) is 4.21. The first-order chi connectivity index (χ1) is 9.03. The minimum Gasteiger partial charge on any atom is -0.476 e. The molecule has 1 saturated carbocycles. The zero-order chi connectivity index (χ0) is 13.9. The van der Waals surface area contributed by atoms with E-state index in [1.165, 1.54) is 31.7 Å². The number of carboxylic acid groups (broad SMARTS) is 1. The van der Waals surface area contributed by atoms with Gasteiger partial charge in [-0.15, -0.1) is 0 Å². The fourth-order valence-electron chi connectivity index (χ4n) is 2.73. The van der Waals surface area contributed by atoms with Crippen molar-refractivity contribution in [2.75, 3.05) is 20.6 Å². The van der Waals surface area contributed by atoms with Crippen LogP contribution in [0.25, 0.3) is 0 Å². The van der Waals surface area contributed by atoms with Crippen LogP contribution in [0.5, 0.6) is 0 Å². The van der Waals surface area contributed by atoms with Gasteiger partial charge in [0.2, 0.25) is 0 Å². The molecule has 0 saturated heterocycles. The Bertz CT molecular complexity index is 436. The summed E-state index contributed by atoms with van der Waals surface area (Å²) < 4.78 is 4.98. The van der Waals surface area contributed by atoms with E-state index < -0.39 is 5.97 Å². The molecule has 0 aromatic carbocycles. The molecule has 19 heavy (non-hydrogen) atoms. The number of hydrogen-bond acceptors (Lipinski definition) is 5. The molecule has 2 N–H and O–H groups in total. The molecule has 0 unspecified atom stereocenters. The van der Waals surface area contributed by atoms with Crippen molar-refractivity contribution in [2.45, 2.75) is 37.8 Å². The fourth-order valence-corrected chi connectivity index (χ4v) is 2.73. The summed E-state index contributed by atoms with van der Waals surface area (Å²) in [4.78, 5) is 13.0. The number of carboxylic acids is 1. The minimum atomic E-state index is -1.06. The van der Waals surface area contributed by atoms with Gasteiger partial charge in [-0.3, -0.25) is 0 Å². The molecule has 1 fully saturated rings. The number of likely N-dealkylation sites (N-methyl/N-ethyl adjacent to an activating group) is 1. The molecule has 1 aromatic heterocycles. The Labute approximate surface area is 112 Å². The summed E-state index contributed by atoms with van der Waals surface area (Å²) in [6.07, 6.45) is 4.93. The van der Waals surface area contributed by atoms with Crippen molar-refractivity contribution in [3.05, 3.63) is 17.5 Å². The molecular formula is C13H21N3O3. The average molecular weight is 267 g/mol. The lowest BCUT2D eigenvalue weighted by molar-refractivity contribution is 0.0685. The third-order valence-electron chi connectivity index (χ3n) is 4.01. The first-order valence-electron chi connectivity index (χ1n) is 6.60. The Morgan fingerprint density at radius 2 is 2.21 bits per heavy atom. The standard InChI is InChI=1S/C13H21N3O3/c1-16(2)13(5-3-4-6-13)9-14-8-10-7-11(12(17)18)15-19-10/h7,14H,3-6,8-9H2,1-2H3,(H,17,18). The maximum absolute atomic E-state index is 10.7. The van der Waals surface area contributed by atoms with Crippen LogP contribution in [0, 0.1) is 0 Å². The summed E-state index contributed by atoms with van der Waals surface area (Å²) in [7, 11) is 4.23. The second kappa shape index (κ2) is 5.71. The average Bonchev–Trinajstić information content (AvgIpc) is 2.98. The third-order valence-corrected chi connectivity index (χ3v) is 4.01. The van der Waals surface area contributed by atoms with Crippen LogP contribution >= 0.6 is 0 Å². The van der Waals surface area contributed by atoms with E-state index in [1.54, 1.807) is 0 Å². The molecule has 0 amide bonds. The van der Waals surface area contributed by atoms with Crippen LogP contribution in [0.1, 0.15) is 41.9 Å². The second-order valence-corrected chi connectivity index (χ2v) is 5.41. The highest BCUT2D eigenvalue weighted by Gasteiger charge is 2.35. The highest BCUT2D eigenvalue weighted by atomic mass is 16.5. The van der Waals surface area contributed by atoms with Crippen LogP contribution in [0.15, 0.2) is 10.6 Å². The molecule has 6 nitrogen and oxygen atoms in total. The van der Waals surface area contributed by atoms with Crippen LogP contribution in [0.4, 0.5) is 0 Å². The van der Waals surface area contributed by atoms with Crippen LogP contribution in [-0.2, 0) is 6.54 Å². The summed E-state index contributed by atoms with van der Waals surface area (Å²) in [6.45, 7) is 1.39. The highest BCUT2D eigenvalue weighted by molar-refractivity contribution is 5.85. The van der Waals surface area contributed by atoms with Gasteiger partial charge >= 0.3 is 5.97 Å². The number of nitrogens with zero attached hydrogens (tertiary/aromatic N) is 2. The monoisotopic (exact) mass is 267 g/mol. The zero-order valence-electron chi connectivity index (χ0n) is 11.5. The van der Waals surface area contributed by atoms with Crippen molar-refractivity contribution >= 4 is 5.97 Å². The minimum absolute atomic E-state index is 0.0417. The first kappa shape index (κ1) is 14.0. The summed E-state index contributed by atoms with van der Waals surface area (Å²) in [6, 6.07) is 1.46. The van der Waals surface area contributed by atoms with E-state index in [2.05, 4.69) is 29.5 Å². The van der Waals surface area contributed by atoms with Gasteiger partial charge in [0.1, 0.15) is 0 Å². The summed E-state index contributed by atoms with van der Waals surface area (Å²) in [5, 5.41) is 15.6. The number of hydrogen-bond donors (Lipinski definition) is 2. The Morgan fingerprint density at radius 1 is 1.53 bits per heavy atom. The summed E-state index contributed by atoms with van der Waals surface area (Å²) in [5.41, 5.74) is 0.176. The molecular weight excluding hydrogens is 246 g/mol. The van der Waals surface area contributed by atoms with E-state index in [0.29, 0.717) is 12.3 Å². The Hall–Kier alpha value is -1.40. The molecule has 0 bridgehead atoms. The predicted molar refractivity (Wildman–Crippen MR) is 70.1 cm³/mol. The van der Waals surface area contributed by atoms with Crippen LogP contribution in [-0.4, -0.2) is 47.3 Å². The summed E-state index contributed by atoms with van der Waals surface area (Å²) in [5.74, 6) is -0.500. The molecule has 0 aliphatic heterocycles. The highest BCUT2D eigenvalue weighted by Crippen LogP contribution is 2.33. The number of carbonyl (C=O) groups is 1. The summed E-state index contributed by atoms with van der Waals surface area (Å²) >= 11 is 0. The molecule has 0 spiro atoms. The Balaban J connectivity index is 1.86. The van der Waals surface area contributed by atoms with Gasteiger partial charge in [-0.2, -0.15) is 0 Å². The molecule has 1 aromatic rings. The van der Waals surface area contributed by atoms with Crippen molar-refractivity contribution in [3.63, 3.8) is 0 Å². The number of aromatic nitrogens is 1. The molecule has 1 heterocycles. The lowest BCUT2D eigenvalue weighted by Crippen LogP contribution is -2.49. The van der Waals surface area contributed by atoms with Crippen molar-refractivity contribution < 1.29 is 14.4 Å². The predicted octanol–water partition coefficient (Wildman–Crippen LogP) is 1.34. The van der Waals surface area contributed by atoms with Gasteiger partial charge < -0.3 is 19.8 Å². The largest absolute Gasteiger partial charge is 0.476 e. The molecule has 1 aliphatic carbocycles. The number of rotatable bonds is 6. The van der Waals surface area contributed by atoms with E-state index in [-0.39, 0.29) is 11.2 Å². The van der Waals surface area contributed by atoms with Gasteiger partial charge in [0.25, 0.3) is 0 Å². The molecule has 106 valence electrons. The van der Waals surface area contributed by atoms with Gasteiger partial charge in [-0.1, -0.05) is 18.0 Å². The lowest BCUT2D eigenvalue weighted by Gasteiger charge is -2.36. The van der Waals surface area contributed by atoms with Gasteiger partial charge in [0.15, 0.2) is 11.5 Å². The molecule has 6 heteroatoms. The van der Waals surface area contributed by atoms with Gasteiger partial charge in [0, 0.05) is 18.2 Å². The maximum Gasteiger partial charge on any atom is 0.358 e. The topological polar surface area (TPSA) is 78.6 Å². The van der Waals surface area contributed by atoms with Crippen LogP contribution < -0.4 is 5.32 Å². The van der Waals surface area contributed by atoms with Crippen molar-refractivity contribution in [1.29, 1.82) is 0 Å². The van der Waals surface area contributed by atoms with Gasteiger partial charge in [0.05, 0.1) is 6.54 Å². The first-order valence-corrected chi connectivity index (χ1v) is 6.60. The van der Waals surface area contributed by atoms with Crippen molar-refractivity contribution in [3.8, 4) is 0 Å². The SMILES string of the molecule is CN(C)C1(CNCc2cc(C(=O)O)no2)CCCC1. The molecule has 2 rings (SSSR count).